The minimum absolute atomic E-state index is 0.113. The fourth-order valence-electron chi connectivity index (χ4n) is 5.10. The van der Waals surface area contributed by atoms with Crippen LogP contribution >= 0.6 is 22.9 Å². The number of aryl methyl sites for hydroxylation is 1. The molecule has 1 saturated heterocycles. The molecule has 1 fully saturated rings. The highest BCUT2D eigenvalue weighted by Gasteiger charge is 2.38. The highest BCUT2D eigenvalue weighted by atomic mass is 35.5. The third-order valence-electron chi connectivity index (χ3n) is 7.29. The van der Waals surface area contributed by atoms with Crippen LogP contribution in [0.2, 0.25) is 5.02 Å². The second-order valence-corrected chi connectivity index (χ2v) is 11.2. The van der Waals surface area contributed by atoms with E-state index < -0.39 is 28.7 Å². The number of hydrogen-bond donors (Lipinski definition) is 1. The van der Waals surface area contributed by atoms with Gasteiger partial charge in [0.05, 0.1) is 24.3 Å². The molecule has 0 aliphatic carbocycles. The number of halogens is 3. The molecule has 2 aliphatic rings. The van der Waals surface area contributed by atoms with Gasteiger partial charge < -0.3 is 19.7 Å². The summed E-state index contributed by atoms with van der Waals surface area (Å²) < 4.78 is 38.7. The Balaban J connectivity index is 1.44. The number of carbonyl (C=O) groups excluding carboxylic acids is 2. The number of aliphatic imine (C=N–C) groups is 1. The third kappa shape index (κ3) is 6.67. The van der Waals surface area contributed by atoms with E-state index >= 15 is 0 Å². The van der Waals surface area contributed by atoms with Crippen LogP contribution < -0.4 is 10.2 Å². The van der Waals surface area contributed by atoms with Crippen molar-refractivity contribution in [3.63, 3.8) is 0 Å². The summed E-state index contributed by atoms with van der Waals surface area (Å²) in [5.74, 6) is -2.39. The molecule has 43 heavy (non-hydrogen) atoms. The number of aromatic nitrogens is 3. The predicted molar refractivity (Wildman–Crippen MR) is 157 cm³/mol. The third-order valence-corrected chi connectivity index (χ3v) is 8.45. The Morgan fingerprint density at radius 3 is 2.56 bits per heavy atom. The molecule has 1 aromatic carbocycles. The number of carbonyl (C=O) groups is 2. The number of esters is 2. The zero-order chi connectivity index (χ0) is 30.5. The van der Waals surface area contributed by atoms with Crippen LogP contribution in [0.1, 0.15) is 48.4 Å². The van der Waals surface area contributed by atoms with Gasteiger partial charge in [0.2, 0.25) is 5.95 Å². The molecule has 5 rings (SSSR count). The van der Waals surface area contributed by atoms with E-state index in [1.807, 2.05) is 4.90 Å². The molecule has 2 aromatic heterocycles. The van der Waals surface area contributed by atoms with E-state index in [2.05, 4.69) is 25.0 Å². The van der Waals surface area contributed by atoms with Crippen LogP contribution in [-0.4, -0.2) is 59.5 Å². The fraction of sp³-hybridized carbons (Fsp3) is 0.379. The molecule has 1 unspecified atom stereocenters. The first kappa shape index (κ1) is 30.5. The molecular formula is C29H29ClF2N6O4S. The van der Waals surface area contributed by atoms with E-state index in [0.29, 0.717) is 54.8 Å². The van der Waals surface area contributed by atoms with Crippen LogP contribution in [-0.2, 0) is 25.5 Å². The van der Waals surface area contributed by atoms with E-state index in [0.717, 1.165) is 11.6 Å². The molecule has 0 amide bonds. The molecule has 10 nitrogen and oxygen atoms in total. The van der Waals surface area contributed by atoms with Crippen molar-refractivity contribution in [2.45, 2.75) is 38.6 Å². The summed E-state index contributed by atoms with van der Waals surface area (Å²) in [5.41, 5.74) is 1.76. The molecule has 3 aromatic rings. The Morgan fingerprint density at radius 1 is 1.16 bits per heavy atom. The summed E-state index contributed by atoms with van der Waals surface area (Å²) in [5, 5.41) is 5.25. The number of rotatable bonds is 9. The Kier molecular flexibility index (Phi) is 9.61. The van der Waals surface area contributed by atoms with E-state index in [1.54, 1.807) is 30.9 Å². The summed E-state index contributed by atoms with van der Waals surface area (Å²) in [7, 11) is 1.35. The van der Waals surface area contributed by atoms with E-state index in [1.165, 1.54) is 24.5 Å². The zero-order valence-corrected chi connectivity index (χ0v) is 25.1. The first-order valence-corrected chi connectivity index (χ1v) is 15.0. The maximum atomic E-state index is 14.6. The fourth-order valence-corrected chi connectivity index (χ4v) is 5.95. The van der Waals surface area contributed by atoms with Crippen molar-refractivity contribution >= 4 is 46.7 Å². The average Bonchev–Trinajstić information content (AvgIpc) is 3.58. The van der Waals surface area contributed by atoms with Gasteiger partial charge in [0.1, 0.15) is 6.04 Å². The second kappa shape index (κ2) is 13.6. The molecular weight excluding hydrogens is 602 g/mol. The lowest BCUT2D eigenvalue weighted by Gasteiger charge is -2.36. The Labute approximate surface area is 255 Å². The number of benzene rings is 1. The van der Waals surface area contributed by atoms with Gasteiger partial charge in [0, 0.05) is 60.7 Å². The number of nitrogens with one attached hydrogen (secondary N) is 1. The summed E-state index contributed by atoms with van der Waals surface area (Å²) in [6.07, 6.45) is 7.02. The van der Waals surface area contributed by atoms with Gasteiger partial charge in [-0.25, -0.2) is 28.5 Å². The van der Waals surface area contributed by atoms with Crippen molar-refractivity contribution in [3.8, 4) is 0 Å². The summed E-state index contributed by atoms with van der Waals surface area (Å²) >= 11 is 7.64. The van der Waals surface area contributed by atoms with E-state index in [4.69, 9.17) is 21.3 Å². The molecule has 4 heterocycles. The number of hydrogen-bond acceptors (Lipinski definition) is 11. The largest absolute Gasteiger partial charge is 0.469 e. The lowest BCUT2D eigenvalue weighted by Crippen LogP contribution is -2.42. The Hall–Kier alpha value is -3.97. The molecule has 0 radical (unpaired) electrons. The van der Waals surface area contributed by atoms with Crippen molar-refractivity contribution in [2.75, 3.05) is 31.7 Å². The zero-order valence-electron chi connectivity index (χ0n) is 23.5. The van der Waals surface area contributed by atoms with Crippen molar-refractivity contribution in [3.05, 3.63) is 80.2 Å². The normalized spacial score (nSPS) is 17.4. The number of methoxy groups -OCH3 is 1. The van der Waals surface area contributed by atoms with E-state index in [-0.39, 0.29) is 36.1 Å². The van der Waals surface area contributed by atoms with Crippen LogP contribution in [0.3, 0.4) is 0 Å². The van der Waals surface area contributed by atoms with Crippen molar-refractivity contribution in [1.29, 1.82) is 0 Å². The maximum Gasteiger partial charge on any atom is 0.338 e. The van der Waals surface area contributed by atoms with Crippen LogP contribution in [0.4, 0.5) is 14.7 Å². The van der Waals surface area contributed by atoms with Crippen LogP contribution in [0.25, 0.3) is 0 Å². The summed E-state index contributed by atoms with van der Waals surface area (Å²) in [6.45, 7) is 2.99. The Morgan fingerprint density at radius 2 is 1.91 bits per heavy atom. The van der Waals surface area contributed by atoms with Crippen LogP contribution in [0, 0.1) is 17.6 Å². The van der Waals surface area contributed by atoms with Gasteiger partial charge in [-0.1, -0.05) is 17.7 Å². The highest BCUT2D eigenvalue weighted by Crippen LogP contribution is 2.41. The van der Waals surface area contributed by atoms with Gasteiger partial charge in [0.25, 0.3) is 0 Å². The lowest BCUT2D eigenvalue weighted by molar-refractivity contribution is -0.141. The van der Waals surface area contributed by atoms with Gasteiger partial charge in [-0.3, -0.25) is 9.79 Å². The van der Waals surface area contributed by atoms with Gasteiger partial charge in [0.15, 0.2) is 22.5 Å². The van der Waals surface area contributed by atoms with Crippen LogP contribution in [0.5, 0.6) is 0 Å². The van der Waals surface area contributed by atoms with Crippen molar-refractivity contribution < 1.29 is 27.8 Å². The van der Waals surface area contributed by atoms with Crippen molar-refractivity contribution in [1.82, 2.24) is 20.3 Å². The minimum Gasteiger partial charge on any atom is -0.469 e. The van der Waals surface area contributed by atoms with E-state index in [9.17, 15) is 18.4 Å². The van der Waals surface area contributed by atoms with Gasteiger partial charge in [-0.05, 0) is 37.8 Å². The standard InChI is InChI=1S/C29H29ClF2N6O4S/c1-3-42-28(40)21-24(17-8-11-38(12-9-17)29-34-14-16(15-35-29)4-7-20(39)41-2)36-26(27-33-10-13-43-27)37-25(21)18-5-6-19(31)23(32)22(18)30/h5-6,10,13-15,17,25H,3-4,7-9,11-12H2,1-2H3,(H,36,37). The number of amidine groups is 1. The topological polar surface area (TPSA) is 119 Å². The highest BCUT2D eigenvalue weighted by molar-refractivity contribution is 7.11. The molecule has 1 atom stereocenters. The minimum atomic E-state index is -1.21. The monoisotopic (exact) mass is 630 g/mol. The number of allylic oxidation sites excluding steroid dienone is 1. The lowest BCUT2D eigenvalue weighted by atomic mass is 9.85. The number of nitrogens with zero attached hydrogens (tertiary/aromatic N) is 5. The first-order chi connectivity index (χ1) is 20.8. The molecule has 1 N–H and O–H groups in total. The second-order valence-electron chi connectivity index (χ2n) is 9.88. The molecule has 2 aliphatic heterocycles. The number of ether oxygens (including phenoxy) is 2. The number of anilines is 1. The van der Waals surface area contributed by atoms with Gasteiger partial charge in [-0.2, -0.15) is 0 Å². The quantitative estimate of drug-likeness (QED) is 0.263. The van der Waals surface area contributed by atoms with Crippen molar-refractivity contribution in [2.24, 2.45) is 10.9 Å². The molecule has 14 heteroatoms. The summed E-state index contributed by atoms with van der Waals surface area (Å²) in [6, 6.07) is 1.26. The number of thiazole rings is 1. The Bertz CT molecular complexity index is 1540. The van der Waals surface area contributed by atoms with Gasteiger partial charge in [-0.15, -0.1) is 11.3 Å². The smallest absolute Gasteiger partial charge is 0.338 e. The maximum absolute atomic E-state index is 14.6. The molecule has 0 bridgehead atoms. The van der Waals surface area contributed by atoms with Gasteiger partial charge >= 0.3 is 11.9 Å². The average molecular weight is 631 g/mol. The SMILES string of the molecule is CCOC(=O)C1=C(C2CCN(c3ncc(CCC(=O)OC)cn3)CC2)NC(c2nccs2)=NC1c1ccc(F)c(F)c1Cl. The first-order valence-electron chi connectivity index (χ1n) is 13.7. The predicted octanol–water partition coefficient (Wildman–Crippen LogP) is 4.80. The molecule has 226 valence electrons. The summed E-state index contributed by atoms with van der Waals surface area (Å²) in [4.78, 5) is 45.0. The molecule has 0 spiro atoms. The molecule has 0 saturated carbocycles. The number of piperidine rings is 1. The van der Waals surface area contributed by atoms with Crippen LogP contribution in [0.15, 0.2) is 52.4 Å².